The van der Waals surface area contributed by atoms with Crippen molar-refractivity contribution in [2.24, 2.45) is 0 Å². The second kappa shape index (κ2) is 4.88. The highest BCUT2D eigenvalue weighted by molar-refractivity contribution is 5.95. The molecule has 6 nitrogen and oxygen atoms in total. The molecular weight excluding hydrogens is 258 g/mol. The zero-order chi connectivity index (χ0) is 14.1. The number of benzene rings is 1. The Balaban J connectivity index is 1.75. The van der Waals surface area contributed by atoms with Crippen molar-refractivity contribution >= 4 is 5.91 Å². The summed E-state index contributed by atoms with van der Waals surface area (Å²) in [5, 5.41) is 9.53. The standard InChI is InChI=1S/C14H15N3O3/c1-8(16-14(18)11-6-15-17-9(11)2)10-3-4-12-13(5-10)20-7-19-12/h3-6,8H,7H2,1-2H3,(H,15,17)(H,16,18). The molecule has 0 saturated heterocycles. The lowest BCUT2D eigenvalue weighted by Gasteiger charge is -2.14. The summed E-state index contributed by atoms with van der Waals surface area (Å²) < 4.78 is 10.6. The van der Waals surface area contributed by atoms with E-state index in [1.54, 1.807) is 0 Å². The van der Waals surface area contributed by atoms with E-state index in [9.17, 15) is 4.79 Å². The van der Waals surface area contributed by atoms with Gasteiger partial charge < -0.3 is 14.8 Å². The lowest BCUT2D eigenvalue weighted by molar-refractivity contribution is 0.0939. The molecule has 20 heavy (non-hydrogen) atoms. The summed E-state index contributed by atoms with van der Waals surface area (Å²) in [6.45, 7) is 3.98. The Hall–Kier alpha value is -2.50. The summed E-state index contributed by atoms with van der Waals surface area (Å²) in [6, 6.07) is 5.52. The topological polar surface area (TPSA) is 76.2 Å². The van der Waals surface area contributed by atoms with E-state index in [2.05, 4.69) is 15.5 Å². The third-order valence-corrected chi connectivity index (χ3v) is 3.32. The number of hydrogen-bond donors (Lipinski definition) is 2. The average molecular weight is 273 g/mol. The van der Waals surface area contributed by atoms with Gasteiger partial charge >= 0.3 is 0 Å². The van der Waals surface area contributed by atoms with Crippen molar-refractivity contribution in [3.8, 4) is 11.5 Å². The van der Waals surface area contributed by atoms with Crippen molar-refractivity contribution < 1.29 is 14.3 Å². The number of rotatable bonds is 3. The van der Waals surface area contributed by atoms with Crippen LogP contribution in [-0.4, -0.2) is 22.9 Å². The largest absolute Gasteiger partial charge is 0.454 e. The van der Waals surface area contributed by atoms with Crippen molar-refractivity contribution in [2.45, 2.75) is 19.9 Å². The SMILES string of the molecule is Cc1[nH]ncc1C(=O)NC(C)c1ccc2c(c1)OCO2. The first-order valence-corrected chi connectivity index (χ1v) is 6.35. The number of ether oxygens (including phenoxy) is 2. The van der Waals surface area contributed by atoms with Gasteiger partial charge in [0.1, 0.15) is 0 Å². The molecular formula is C14H15N3O3. The molecule has 3 rings (SSSR count). The fourth-order valence-corrected chi connectivity index (χ4v) is 2.12. The summed E-state index contributed by atoms with van der Waals surface area (Å²) in [6.07, 6.45) is 1.52. The summed E-state index contributed by atoms with van der Waals surface area (Å²) in [5.74, 6) is 1.29. The van der Waals surface area contributed by atoms with Gasteiger partial charge in [-0.2, -0.15) is 5.10 Å². The molecule has 0 aliphatic carbocycles. The Kier molecular flexibility index (Phi) is 3.06. The molecule has 1 aliphatic heterocycles. The molecule has 1 amide bonds. The number of aromatic nitrogens is 2. The number of carbonyl (C=O) groups excluding carboxylic acids is 1. The molecule has 1 aromatic carbocycles. The first-order chi connectivity index (χ1) is 9.65. The van der Waals surface area contributed by atoms with E-state index < -0.39 is 0 Å². The van der Waals surface area contributed by atoms with Crippen LogP contribution in [-0.2, 0) is 0 Å². The van der Waals surface area contributed by atoms with Gasteiger partial charge in [0, 0.05) is 5.69 Å². The minimum Gasteiger partial charge on any atom is -0.454 e. The van der Waals surface area contributed by atoms with Gasteiger partial charge in [0.05, 0.1) is 17.8 Å². The zero-order valence-corrected chi connectivity index (χ0v) is 11.3. The smallest absolute Gasteiger partial charge is 0.255 e. The normalized spacial score (nSPS) is 14.1. The van der Waals surface area contributed by atoms with Crippen molar-refractivity contribution in [2.75, 3.05) is 6.79 Å². The van der Waals surface area contributed by atoms with Crippen LogP contribution in [0.3, 0.4) is 0 Å². The third-order valence-electron chi connectivity index (χ3n) is 3.32. The second-order valence-corrected chi connectivity index (χ2v) is 4.72. The average Bonchev–Trinajstić information content (AvgIpc) is 3.05. The Morgan fingerprint density at radius 3 is 2.95 bits per heavy atom. The van der Waals surface area contributed by atoms with Gasteiger partial charge in [-0.25, -0.2) is 0 Å². The van der Waals surface area contributed by atoms with Crippen molar-refractivity contribution in [1.29, 1.82) is 0 Å². The van der Waals surface area contributed by atoms with E-state index in [0.29, 0.717) is 11.3 Å². The highest BCUT2D eigenvalue weighted by Crippen LogP contribution is 2.34. The fourth-order valence-electron chi connectivity index (χ4n) is 2.12. The molecule has 104 valence electrons. The number of fused-ring (bicyclic) bond motifs is 1. The van der Waals surface area contributed by atoms with Gasteiger partial charge in [-0.05, 0) is 31.5 Å². The van der Waals surface area contributed by atoms with Gasteiger partial charge in [0.2, 0.25) is 6.79 Å². The molecule has 0 spiro atoms. The molecule has 0 bridgehead atoms. The molecule has 1 atom stereocenters. The van der Waals surface area contributed by atoms with Crippen LogP contribution >= 0.6 is 0 Å². The minimum absolute atomic E-state index is 0.133. The van der Waals surface area contributed by atoms with Crippen LogP contribution in [0.25, 0.3) is 0 Å². The number of hydrogen-bond acceptors (Lipinski definition) is 4. The van der Waals surface area contributed by atoms with Gasteiger partial charge in [0.15, 0.2) is 11.5 Å². The number of amides is 1. The van der Waals surface area contributed by atoms with Crippen molar-refractivity contribution in [3.63, 3.8) is 0 Å². The summed E-state index contributed by atoms with van der Waals surface area (Å²) >= 11 is 0. The zero-order valence-electron chi connectivity index (χ0n) is 11.3. The Morgan fingerprint density at radius 1 is 1.40 bits per heavy atom. The number of nitrogens with zero attached hydrogens (tertiary/aromatic N) is 1. The molecule has 2 heterocycles. The summed E-state index contributed by atoms with van der Waals surface area (Å²) in [4.78, 5) is 12.1. The van der Waals surface area contributed by atoms with E-state index in [0.717, 1.165) is 17.0 Å². The number of aryl methyl sites for hydroxylation is 1. The maximum absolute atomic E-state index is 12.1. The molecule has 6 heteroatoms. The second-order valence-electron chi connectivity index (χ2n) is 4.72. The molecule has 1 unspecified atom stereocenters. The van der Waals surface area contributed by atoms with Gasteiger partial charge in [-0.15, -0.1) is 0 Å². The molecule has 2 aromatic rings. The van der Waals surface area contributed by atoms with Crippen LogP contribution in [0.1, 0.15) is 34.6 Å². The maximum Gasteiger partial charge on any atom is 0.255 e. The predicted molar refractivity (Wildman–Crippen MR) is 71.8 cm³/mol. The molecule has 0 radical (unpaired) electrons. The lowest BCUT2D eigenvalue weighted by atomic mass is 10.1. The van der Waals surface area contributed by atoms with Crippen LogP contribution in [0.2, 0.25) is 0 Å². The third kappa shape index (κ3) is 2.20. The Morgan fingerprint density at radius 2 is 2.20 bits per heavy atom. The fraction of sp³-hybridized carbons (Fsp3) is 0.286. The molecule has 1 aliphatic rings. The highest BCUT2D eigenvalue weighted by atomic mass is 16.7. The lowest BCUT2D eigenvalue weighted by Crippen LogP contribution is -2.26. The van der Waals surface area contributed by atoms with Crippen LogP contribution in [0.5, 0.6) is 11.5 Å². The van der Waals surface area contributed by atoms with Crippen molar-refractivity contribution in [1.82, 2.24) is 15.5 Å². The minimum atomic E-state index is -0.151. The van der Waals surface area contributed by atoms with E-state index in [1.807, 2.05) is 32.0 Å². The van der Waals surface area contributed by atoms with E-state index >= 15 is 0 Å². The van der Waals surface area contributed by atoms with E-state index in [-0.39, 0.29) is 18.7 Å². The number of H-pyrrole nitrogens is 1. The van der Waals surface area contributed by atoms with Crippen LogP contribution in [0.15, 0.2) is 24.4 Å². The monoisotopic (exact) mass is 273 g/mol. The quantitative estimate of drug-likeness (QED) is 0.896. The molecule has 2 N–H and O–H groups in total. The molecule has 1 aromatic heterocycles. The van der Waals surface area contributed by atoms with Gasteiger partial charge in [-0.1, -0.05) is 6.07 Å². The van der Waals surface area contributed by atoms with E-state index in [1.165, 1.54) is 6.20 Å². The Bertz CT molecular complexity index is 651. The van der Waals surface area contributed by atoms with Crippen LogP contribution in [0.4, 0.5) is 0 Å². The van der Waals surface area contributed by atoms with Gasteiger partial charge in [0.25, 0.3) is 5.91 Å². The maximum atomic E-state index is 12.1. The number of aromatic amines is 1. The molecule has 0 fully saturated rings. The first-order valence-electron chi connectivity index (χ1n) is 6.35. The molecule has 0 saturated carbocycles. The highest BCUT2D eigenvalue weighted by Gasteiger charge is 2.18. The van der Waals surface area contributed by atoms with E-state index in [4.69, 9.17) is 9.47 Å². The summed E-state index contributed by atoms with van der Waals surface area (Å²) in [7, 11) is 0. The summed E-state index contributed by atoms with van der Waals surface area (Å²) in [5.41, 5.74) is 2.27. The Labute approximate surface area is 116 Å². The van der Waals surface area contributed by atoms with Crippen LogP contribution in [0, 0.1) is 6.92 Å². The number of nitrogens with one attached hydrogen (secondary N) is 2. The number of carbonyl (C=O) groups is 1. The predicted octanol–water partition coefficient (Wildman–Crippen LogP) is 1.94. The van der Waals surface area contributed by atoms with Gasteiger partial charge in [-0.3, -0.25) is 9.89 Å². The first kappa shape index (κ1) is 12.5. The van der Waals surface area contributed by atoms with Crippen LogP contribution < -0.4 is 14.8 Å². The van der Waals surface area contributed by atoms with Crippen molar-refractivity contribution in [3.05, 3.63) is 41.2 Å².